The van der Waals surface area contributed by atoms with Gasteiger partial charge in [-0.15, -0.1) is 11.3 Å². The molecule has 0 aliphatic heterocycles. The molecule has 2 aromatic rings. The first-order valence-electron chi connectivity index (χ1n) is 3.20. The van der Waals surface area contributed by atoms with Crippen molar-refractivity contribution in [1.82, 2.24) is 9.97 Å². The molecule has 0 aliphatic rings. The molecule has 56 valence electrons. The van der Waals surface area contributed by atoms with Gasteiger partial charge in [-0.1, -0.05) is 6.07 Å². The smallest absolute Gasteiger partial charge is 0.150 e. The molecule has 0 aliphatic carbocycles. The van der Waals surface area contributed by atoms with Gasteiger partial charge >= 0.3 is 0 Å². The average Bonchev–Trinajstić information content (AvgIpc) is 2.55. The number of thiophene rings is 1. The molecule has 0 fully saturated rings. The summed E-state index contributed by atoms with van der Waals surface area (Å²) in [5.74, 6) is 0.562. The lowest BCUT2D eigenvalue weighted by atomic mass is 10.3. The Morgan fingerprint density at radius 3 is 3.00 bits per heavy atom. The van der Waals surface area contributed by atoms with Gasteiger partial charge in [0.15, 0.2) is 0 Å². The van der Waals surface area contributed by atoms with Crippen LogP contribution in [-0.2, 0) is 0 Å². The van der Waals surface area contributed by atoms with Crippen molar-refractivity contribution < 1.29 is 0 Å². The summed E-state index contributed by atoms with van der Waals surface area (Å²) in [5.41, 5.74) is 6.51. The van der Waals surface area contributed by atoms with Crippen LogP contribution in [0, 0.1) is 0 Å². The zero-order valence-corrected chi connectivity index (χ0v) is 6.56. The number of anilines is 1. The number of nitrogens with zero attached hydrogens (tertiary/aromatic N) is 1. The first-order valence-corrected chi connectivity index (χ1v) is 4.08. The summed E-state index contributed by atoms with van der Waals surface area (Å²) >= 11 is 1.64. The van der Waals surface area contributed by atoms with Crippen LogP contribution in [0.3, 0.4) is 0 Å². The van der Waals surface area contributed by atoms with E-state index in [0.717, 1.165) is 10.6 Å². The molecule has 0 spiro atoms. The third-order valence-corrected chi connectivity index (χ3v) is 2.32. The van der Waals surface area contributed by atoms with Crippen molar-refractivity contribution >= 4 is 17.2 Å². The summed E-state index contributed by atoms with van der Waals surface area (Å²) in [6.45, 7) is 0. The fourth-order valence-electron chi connectivity index (χ4n) is 0.923. The predicted octanol–water partition coefficient (Wildman–Crippen LogP) is 1.72. The van der Waals surface area contributed by atoms with Gasteiger partial charge in [-0.2, -0.15) is 0 Å². The summed E-state index contributed by atoms with van der Waals surface area (Å²) in [6, 6.07) is 3.99. The fraction of sp³-hybridized carbons (Fsp3) is 0. The van der Waals surface area contributed by atoms with Crippen LogP contribution in [0.25, 0.3) is 10.6 Å². The third-order valence-electron chi connectivity index (χ3n) is 1.44. The van der Waals surface area contributed by atoms with E-state index in [1.807, 2.05) is 17.5 Å². The van der Waals surface area contributed by atoms with Gasteiger partial charge in [0.1, 0.15) is 5.82 Å². The predicted molar refractivity (Wildman–Crippen MR) is 46.3 cm³/mol. The van der Waals surface area contributed by atoms with Crippen LogP contribution in [-0.4, -0.2) is 9.97 Å². The van der Waals surface area contributed by atoms with E-state index in [9.17, 15) is 0 Å². The average molecular weight is 165 g/mol. The van der Waals surface area contributed by atoms with E-state index in [2.05, 4.69) is 9.97 Å². The van der Waals surface area contributed by atoms with Crippen LogP contribution >= 0.6 is 11.3 Å². The molecular weight excluding hydrogens is 158 g/mol. The molecule has 0 radical (unpaired) electrons. The number of nitrogens with two attached hydrogens (primary N) is 1. The largest absolute Gasteiger partial charge is 0.382 e. The lowest BCUT2D eigenvalue weighted by Crippen LogP contribution is -1.85. The fourth-order valence-corrected chi connectivity index (χ4v) is 1.67. The normalized spacial score (nSPS) is 10.2. The maximum Gasteiger partial charge on any atom is 0.150 e. The second kappa shape index (κ2) is 2.39. The standard InChI is InChI=1S/C7H7N3S/c8-7-6(9-4-10-7)5-2-1-3-11-5/h1-4H,8H2,(H,9,10). The van der Waals surface area contributed by atoms with Crippen molar-refractivity contribution in [1.29, 1.82) is 0 Å². The van der Waals surface area contributed by atoms with Gasteiger partial charge in [0.25, 0.3) is 0 Å². The molecule has 2 rings (SSSR count). The highest BCUT2D eigenvalue weighted by Crippen LogP contribution is 2.25. The third kappa shape index (κ3) is 1.01. The van der Waals surface area contributed by atoms with Crippen LogP contribution in [0.2, 0.25) is 0 Å². The summed E-state index contributed by atoms with van der Waals surface area (Å²) in [5, 5.41) is 2.01. The van der Waals surface area contributed by atoms with Crippen LogP contribution in [0.1, 0.15) is 0 Å². The molecule has 0 saturated carbocycles. The van der Waals surface area contributed by atoms with Crippen LogP contribution in [0.15, 0.2) is 23.8 Å². The minimum absolute atomic E-state index is 0.562. The first kappa shape index (κ1) is 6.42. The highest BCUT2D eigenvalue weighted by Gasteiger charge is 2.03. The number of imidazole rings is 1. The lowest BCUT2D eigenvalue weighted by Gasteiger charge is -1.90. The Hall–Kier alpha value is -1.29. The zero-order chi connectivity index (χ0) is 7.68. The molecule has 0 atom stereocenters. The number of nitrogen functional groups attached to an aromatic ring is 1. The van der Waals surface area contributed by atoms with Crippen molar-refractivity contribution in [2.45, 2.75) is 0 Å². The second-order valence-corrected chi connectivity index (χ2v) is 3.09. The van der Waals surface area contributed by atoms with E-state index < -0.39 is 0 Å². The number of H-pyrrole nitrogens is 1. The Morgan fingerprint density at radius 2 is 2.45 bits per heavy atom. The van der Waals surface area contributed by atoms with Gasteiger partial charge in [-0.3, -0.25) is 0 Å². The van der Waals surface area contributed by atoms with Crippen LogP contribution < -0.4 is 5.73 Å². The molecule has 0 aromatic carbocycles. The van der Waals surface area contributed by atoms with Crippen LogP contribution in [0.4, 0.5) is 5.82 Å². The van der Waals surface area contributed by atoms with Gasteiger partial charge in [0, 0.05) is 0 Å². The van der Waals surface area contributed by atoms with Crippen molar-refractivity contribution in [2.24, 2.45) is 0 Å². The highest BCUT2D eigenvalue weighted by molar-refractivity contribution is 7.13. The molecular formula is C7H7N3S. The second-order valence-electron chi connectivity index (χ2n) is 2.14. The van der Waals surface area contributed by atoms with Crippen molar-refractivity contribution in [3.8, 4) is 10.6 Å². The summed E-state index contributed by atoms with van der Waals surface area (Å²) in [7, 11) is 0. The number of aromatic amines is 1. The minimum atomic E-state index is 0.562. The number of hydrogen-bond acceptors (Lipinski definition) is 3. The van der Waals surface area contributed by atoms with Gasteiger partial charge < -0.3 is 10.7 Å². The molecule has 2 aromatic heterocycles. The minimum Gasteiger partial charge on any atom is -0.382 e. The van der Waals surface area contributed by atoms with E-state index in [1.165, 1.54) is 0 Å². The van der Waals surface area contributed by atoms with Crippen molar-refractivity contribution in [3.63, 3.8) is 0 Å². The van der Waals surface area contributed by atoms with E-state index >= 15 is 0 Å². The summed E-state index contributed by atoms with van der Waals surface area (Å²) < 4.78 is 0. The van der Waals surface area contributed by atoms with Gasteiger partial charge in [-0.05, 0) is 11.4 Å². The highest BCUT2D eigenvalue weighted by atomic mass is 32.1. The Labute approximate surface area is 67.9 Å². The van der Waals surface area contributed by atoms with E-state index in [0.29, 0.717) is 5.82 Å². The van der Waals surface area contributed by atoms with E-state index in [1.54, 1.807) is 17.7 Å². The molecule has 2 heterocycles. The Balaban J connectivity index is 2.53. The number of hydrogen-bond donors (Lipinski definition) is 2. The Morgan fingerprint density at radius 1 is 1.55 bits per heavy atom. The molecule has 0 bridgehead atoms. The summed E-state index contributed by atoms with van der Waals surface area (Å²) in [4.78, 5) is 8.01. The quantitative estimate of drug-likeness (QED) is 0.676. The van der Waals surface area contributed by atoms with E-state index in [4.69, 9.17) is 5.73 Å². The molecule has 0 amide bonds. The van der Waals surface area contributed by atoms with Gasteiger partial charge in [0.2, 0.25) is 0 Å². The maximum atomic E-state index is 5.60. The Kier molecular flexibility index (Phi) is 1.40. The molecule has 4 heteroatoms. The molecule has 3 N–H and O–H groups in total. The van der Waals surface area contributed by atoms with Crippen LogP contribution in [0.5, 0.6) is 0 Å². The Bertz CT molecular complexity index is 336. The number of aromatic nitrogens is 2. The number of rotatable bonds is 1. The summed E-state index contributed by atoms with van der Waals surface area (Å²) in [6.07, 6.45) is 1.60. The number of nitrogens with one attached hydrogen (secondary N) is 1. The monoisotopic (exact) mass is 165 g/mol. The zero-order valence-electron chi connectivity index (χ0n) is 5.74. The van der Waals surface area contributed by atoms with E-state index in [-0.39, 0.29) is 0 Å². The van der Waals surface area contributed by atoms with Crippen molar-refractivity contribution in [2.75, 3.05) is 5.73 Å². The maximum absolute atomic E-state index is 5.60. The van der Waals surface area contributed by atoms with Gasteiger partial charge in [-0.25, -0.2) is 4.98 Å². The molecule has 0 unspecified atom stereocenters. The molecule has 11 heavy (non-hydrogen) atoms. The molecule has 3 nitrogen and oxygen atoms in total. The SMILES string of the molecule is Nc1nc[nH]c1-c1cccs1. The lowest BCUT2D eigenvalue weighted by molar-refractivity contribution is 1.32. The molecule has 0 saturated heterocycles. The van der Waals surface area contributed by atoms with Gasteiger partial charge in [0.05, 0.1) is 16.9 Å². The topological polar surface area (TPSA) is 54.7 Å². The first-order chi connectivity index (χ1) is 5.38. The van der Waals surface area contributed by atoms with Crippen molar-refractivity contribution in [3.05, 3.63) is 23.8 Å².